The number of likely N-dealkylation sites (N-methyl/N-ethyl adjacent to an activating group) is 1. The van der Waals surface area contributed by atoms with Gasteiger partial charge in [0.15, 0.2) is 5.13 Å². The van der Waals surface area contributed by atoms with Gasteiger partial charge in [-0.25, -0.2) is 4.98 Å². The highest BCUT2D eigenvalue weighted by Gasteiger charge is 2.16. The van der Waals surface area contributed by atoms with Crippen LogP contribution in [0.15, 0.2) is 5.38 Å². The average Bonchev–Trinajstić information content (AvgIpc) is 2.86. The molecule has 22 heavy (non-hydrogen) atoms. The lowest BCUT2D eigenvalue weighted by atomic mass is 10.2. The van der Waals surface area contributed by atoms with Crippen LogP contribution < -0.4 is 5.32 Å². The Morgan fingerprint density at radius 2 is 2.09 bits per heavy atom. The molecule has 122 valence electrons. The molecule has 0 saturated carbocycles. The topological polar surface area (TPSA) is 99.6 Å². The van der Waals surface area contributed by atoms with Crippen molar-refractivity contribution in [1.29, 1.82) is 0 Å². The summed E-state index contributed by atoms with van der Waals surface area (Å²) < 4.78 is 0. The van der Waals surface area contributed by atoms with Crippen molar-refractivity contribution in [2.75, 3.05) is 18.4 Å². The van der Waals surface area contributed by atoms with Gasteiger partial charge in [-0.2, -0.15) is 0 Å². The number of carboxylic acids is 1. The number of nitrogens with zero attached hydrogens (tertiary/aromatic N) is 2. The summed E-state index contributed by atoms with van der Waals surface area (Å²) in [6, 6.07) is 0. The maximum atomic E-state index is 12.1. The fourth-order valence-electron chi connectivity index (χ4n) is 1.65. The zero-order chi connectivity index (χ0) is 16.7. The zero-order valence-corrected chi connectivity index (χ0v) is 13.8. The van der Waals surface area contributed by atoms with Gasteiger partial charge in [-0.05, 0) is 6.92 Å². The SMILES string of the molecule is CCN(CCC(=O)O)C(=O)Cc1csc(NC(=O)C(C)C)n1. The van der Waals surface area contributed by atoms with Crippen LogP contribution in [0.2, 0.25) is 0 Å². The number of hydrogen-bond acceptors (Lipinski definition) is 5. The minimum atomic E-state index is -0.932. The van der Waals surface area contributed by atoms with E-state index >= 15 is 0 Å². The molecule has 1 heterocycles. The van der Waals surface area contributed by atoms with E-state index in [2.05, 4.69) is 10.3 Å². The van der Waals surface area contributed by atoms with Crippen molar-refractivity contribution in [1.82, 2.24) is 9.88 Å². The van der Waals surface area contributed by atoms with Crippen LogP contribution in [0.5, 0.6) is 0 Å². The lowest BCUT2D eigenvalue weighted by molar-refractivity contribution is -0.138. The predicted molar refractivity (Wildman–Crippen MR) is 83.8 cm³/mol. The fourth-order valence-corrected chi connectivity index (χ4v) is 2.37. The molecule has 0 aromatic carbocycles. The van der Waals surface area contributed by atoms with Crippen LogP contribution in [0, 0.1) is 5.92 Å². The second-order valence-electron chi connectivity index (χ2n) is 5.08. The van der Waals surface area contributed by atoms with Gasteiger partial charge >= 0.3 is 5.97 Å². The summed E-state index contributed by atoms with van der Waals surface area (Å²) in [7, 11) is 0. The largest absolute Gasteiger partial charge is 0.481 e. The fraction of sp³-hybridized carbons (Fsp3) is 0.571. The number of anilines is 1. The molecule has 1 aromatic heterocycles. The number of hydrogen-bond donors (Lipinski definition) is 2. The molecule has 0 radical (unpaired) electrons. The van der Waals surface area contributed by atoms with Crippen LogP contribution in [0.3, 0.4) is 0 Å². The standard InChI is InChI=1S/C14H21N3O4S/c1-4-17(6-5-12(19)20)11(18)7-10-8-22-14(15-10)16-13(21)9(2)3/h8-9H,4-7H2,1-3H3,(H,19,20)(H,15,16,21). The van der Waals surface area contributed by atoms with Gasteiger partial charge in [-0.15, -0.1) is 11.3 Å². The van der Waals surface area contributed by atoms with Crippen molar-refractivity contribution >= 4 is 34.3 Å². The number of aliphatic carboxylic acids is 1. The number of carboxylic acid groups (broad SMARTS) is 1. The zero-order valence-electron chi connectivity index (χ0n) is 13.0. The molecule has 0 aliphatic heterocycles. The van der Waals surface area contributed by atoms with E-state index in [0.717, 1.165) is 0 Å². The Kier molecular flexibility index (Phi) is 6.97. The van der Waals surface area contributed by atoms with Gasteiger partial charge in [-0.1, -0.05) is 13.8 Å². The van der Waals surface area contributed by atoms with E-state index in [0.29, 0.717) is 17.4 Å². The number of carbonyl (C=O) groups is 3. The number of aromatic nitrogens is 1. The quantitative estimate of drug-likeness (QED) is 0.755. The molecule has 1 aromatic rings. The maximum absolute atomic E-state index is 12.1. The third-order valence-electron chi connectivity index (χ3n) is 2.97. The van der Waals surface area contributed by atoms with Crippen molar-refractivity contribution in [2.24, 2.45) is 5.92 Å². The van der Waals surface area contributed by atoms with E-state index in [9.17, 15) is 14.4 Å². The third-order valence-corrected chi connectivity index (χ3v) is 3.78. The monoisotopic (exact) mass is 327 g/mol. The van der Waals surface area contributed by atoms with Crippen LogP contribution in [0.1, 0.15) is 32.9 Å². The third kappa shape index (κ3) is 5.80. The minimum absolute atomic E-state index is 0.0770. The van der Waals surface area contributed by atoms with Gasteiger partial charge in [0.2, 0.25) is 11.8 Å². The molecule has 0 aliphatic carbocycles. The Morgan fingerprint density at radius 1 is 1.41 bits per heavy atom. The lowest BCUT2D eigenvalue weighted by Gasteiger charge is -2.19. The van der Waals surface area contributed by atoms with Crippen molar-refractivity contribution in [3.05, 3.63) is 11.1 Å². The van der Waals surface area contributed by atoms with Crippen LogP contribution in [0.4, 0.5) is 5.13 Å². The van der Waals surface area contributed by atoms with E-state index in [1.165, 1.54) is 16.2 Å². The Hall–Kier alpha value is -1.96. The first kappa shape index (κ1) is 18.1. The molecule has 0 saturated heterocycles. The molecule has 0 fully saturated rings. The number of amides is 2. The number of thiazole rings is 1. The van der Waals surface area contributed by atoms with E-state index in [1.54, 1.807) is 26.2 Å². The Bertz CT molecular complexity index is 542. The molecular weight excluding hydrogens is 306 g/mol. The minimum Gasteiger partial charge on any atom is -0.481 e. The Balaban J connectivity index is 2.58. The summed E-state index contributed by atoms with van der Waals surface area (Å²) in [4.78, 5) is 39.9. The molecule has 0 spiro atoms. The smallest absolute Gasteiger partial charge is 0.305 e. The second-order valence-corrected chi connectivity index (χ2v) is 5.94. The summed E-state index contributed by atoms with van der Waals surface area (Å²) >= 11 is 1.27. The van der Waals surface area contributed by atoms with Gasteiger partial charge in [0.05, 0.1) is 18.5 Å². The molecule has 0 unspecified atom stereocenters. The van der Waals surface area contributed by atoms with Crippen LogP contribution in [-0.2, 0) is 20.8 Å². The molecule has 0 aliphatic rings. The van der Waals surface area contributed by atoms with E-state index in [-0.39, 0.29) is 37.1 Å². The summed E-state index contributed by atoms with van der Waals surface area (Å²) in [5, 5.41) is 13.5. The van der Waals surface area contributed by atoms with Crippen LogP contribution in [-0.4, -0.2) is 45.9 Å². The first-order valence-electron chi connectivity index (χ1n) is 7.08. The molecule has 0 atom stereocenters. The number of rotatable bonds is 8. The molecule has 8 heteroatoms. The highest BCUT2D eigenvalue weighted by molar-refractivity contribution is 7.13. The first-order chi connectivity index (χ1) is 10.3. The predicted octanol–water partition coefficient (Wildman–Crippen LogP) is 1.60. The number of nitrogens with one attached hydrogen (secondary N) is 1. The molecule has 0 bridgehead atoms. The highest BCUT2D eigenvalue weighted by Crippen LogP contribution is 2.17. The normalized spacial score (nSPS) is 10.5. The first-order valence-corrected chi connectivity index (χ1v) is 7.96. The van der Waals surface area contributed by atoms with Crippen molar-refractivity contribution in [3.63, 3.8) is 0 Å². The summed E-state index contributed by atoms with van der Waals surface area (Å²) in [5.74, 6) is -1.36. The Labute approximate surface area is 133 Å². The molecule has 7 nitrogen and oxygen atoms in total. The van der Waals surface area contributed by atoms with Crippen molar-refractivity contribution in [3.8, 4) is 0 Å². The van der Waals surface area contributed by atoms with Crippen LogP contribution >= 0.6 is 11.3 Å². The van der Waals surface area contributed by atoms with Gasteiger partial charge in [0, 0.05) is 24.4 Å². The van der Waals surface area contributed by atoms with Gasteiger partial charge in [-0.3, -0.25) is 14.4 Å². The molecule has 2 amide bonds. The van der Waals surface area contributed by atoms with Gasteiger partial charge < -0.3 is 15.3 Å². The summed E-state index contributed by atoms with van der Waals surface area (Å²) in [6.45, 7) is 6.01. The maximum Gasteiger partial charge on any atom is 0.305 e. The number of carbonyl (C=O) groups excluding carboxylic acids is 2. The Morgan fingerprint density at radius 3 is 2.64 bits per heavy atom. The average molecular weight is 327 g/mol. The van der Waals surface area contributed by atoms with Crippen molar-refractivity contribution in [2.45, 2.75) is 33.6 Å². The van der Waals surface area contributed by atoms with Crippen LogP contribution in [0.25, 0.3) is 0 Å². The summed E-state index contributed by atoms with van der Waals surface area (Å²) in [6.07, 6.45) is 0.0217. The molecule has 2 N–H and O–H groups in total. The van der Waals surface area contributed by atoms with Gasteiger partial charge in [0.25, 0.3) is 0 Å². The van der Waals surface area contributed by atoms with Gasteiger partial charge in [0.1, 0.15) is 0 Å². The second kappa shape index (κ2) is 8.47. The molecule has 1 rings (SSSR count). The molecular formula is C14H21N3O4S. The highest BCUT2D eigenvalue weighted by atomic mass is 32.1. The van der Waals surface area contributed by atoms with E-state index in [4.69, 9.17) is 5.11 Å². The summed E-state index contributed by atoms with van der Waals surface area (Å²) in [5.41, 5.74) is 0.572. The lowest BCUT2D eigenvalue weighted by Crippen LogP contribution is -2.34. The van der Waals surface area contributed by atoms with Crippen molar-refractivity contribution < 1.29 is 19.5 Å². The van der Waals surface area contributed by atoms with E-state index < -0.39 is 5.97 Å². The van der Waals surface area contributed by atoms with E-state index in [1.807, 2.05) is 0 Å².